The van der Waals surface area contributed by atoms with Crippen LogP contribution >= 0.6 is 0 Å². The Morgan fingerprint density at radius 3 is 0.561 bits per heavy atom. The summed E-state index contributed by atoms with van der Waals surface area (Å²) in [5.41, 5.74) is 0. The molecule has 0 fully saturated rings. The van der Waals surface area contributed by atoms with Gasteiger partial charge in [-0.15, -0.1) is 0 Å². The van der Waals surface area contributed by atoms with E-state index in [1.165, 1.54) is 12.8 Å². The maximum absolute atomic E-state index is 7.57. The van der Waals surface area contributed by atoms with E-state index in [0.29, 0.717) is 26.4 Å². The molecule has 0 saturated carbocycles. The molecule has 0 rings (SSSR count). The van der Waals surface area contributed by atoms with Crippen LogP contribution in [0.5, 0.6) is 0 Å². The summed E-state index contributed by atoms with van der Waals surface area (Å²) in [6.45, 7) is 18.0. The van der Waals surface area contributed by atoms with Gasteiger partial charge in [0.25, 0.3) is 0 Å². The van der Waals surface area contributed by atoms with Crippen molar-refractivity contribution >= 4 is 18.1 Å². The molecule has 0 radical (unpaired) electrons. The fourth-order valence-electron chi connectivity index (χ4n) is 0.957. The minimum Gasteiger partial charge on any atom is -0.412 e. The summed E-state index contributed by atoms with van der Waals surface area (Å²) in [5.74, 6) is 0. The molecule has 0 heterocycles. The third-order valence-corrected chi connectivity index (χ3v) is 4.35. The first-order chi connectivity index (χ1) is 13.0. The molecule has 0 aromatic heterocycles. The van der Waals surface area contributed by atoms with Gasteiger partial charge < -0.3 is 86.1 Å². The number of aliphatic hydroxyl groups excluding tert-OH is 2. The van der Waals surface area contributed by atoms with Gasteiger partial charge in [0.2, 0.25) is 0 Å². The van der Waals surface area contributed by atoms with Gasteiger partial charge in [-0.1, -0.05) is 71.2 Å². The second-order valence-corrected chi connectivity index (χ2v) is 7.82. The van der Waals surface area contributed by atoms with E-state index >= 15 is 0 Å². The molecule has 0 bridgehead atoms. The average molecular weight is 676 g/mol. The minimum absolute atomic E-state index is 0. The average Bonchev–Trinajstić information content (AvgIpc) is 2.56. The first-order valence-electron chi connectivity index (χ1n) is 9.65. The third kappa shape index (κ3) is 202. The number of aliphatic hydroxyl groups is 2. The van der Waals surface area contributed by atoms with Crippen molar-refractivity contribution in [3.8, 4) is 0 Å². The molecule has 0 spiro atoms. The van der Waals surface area contributed by atoms with Crippen LogP contribution < -0.4 is 6.15 Å². The second kappa shape index (κ2) is 106. The molecule has 0 saturated heterocycles. The first kappa shape index (κ1) is 124. The Morgan fingerprint density at radius 2 is 0.512 bits per heavy atom. The van der Waals surface area contributed by atoms with E-state index in [-0.39, 0.29) is 96.8 Å². The summed E-state index contributed by atoms with van der Waals surface area (Å²) >= 11 is 0. The zero-order valence-corrected chi connectivity index (χ0v) is 24.7. The Morgan fingerprint density at radius 1 is 0.415 bits per heavy atom. The van der Waals surface area contributed by atoms with Gasteiger partial charge in [-0.2, -0.15) is 0 Å². The standard InChI is InChI=1S/C8H20O4Si.C4H10.2C2H6O.6CH4.H3N.H4O4Si.6H2O/c1-5-9-13(10-6-2,11-7-3)12-8-4;1-3-4-2;2*1-2-3;;;;;;;;1-5(2,3)4;;;;;;/h5-8H2,1-4H3;3-4H2,1-2H3;2*3H,2H2,1H3;6*1H4;1H3;1-4H;6*1H2. The molecule has 0 aliphatic rings. The third-order valence-electron chi connectivity index (χ3n) is 1.78. The lowest BCUT2D eigenvalue weighted by atomic mass is 10.4. The topological polar surface area (TPSA) is 382 Å². The van der Waals surface area contributed by atoms with Crippen molar-refractivity contribution in [3.05, 3.63) is 0 Å². The highest BCUT2D eigenvalue weighted by Crippen LogP contribution is 2.11. The normalized spacial score (nSPS) is 6.88. The van der Waals surface area contributed by atoms with Crippen molar-refractivity contribution in [1.29, 1.82) is 0 Å². The summed E-state index contributed by atoms with van der Waals surface area (Å²) in [4.78, 5) is 29.3. The maximum Gasteiger partial charge on any atom is 0.679 e. The summed E-state index contributed by atoms with van der Waals surface area (Å²) in [7, 11) is -7.41. The van der Waals surface area contributed by atoms with E-state index in [1.54, 1.807) is 13.8 Å². The highest BCUT2D eigenvalue weighted by molar-refractivity contribution is 6.53. The van der Waals surface area contributed by atoms with Crippen LogP contribution in [0.15, 0.2) is 0 Å². The van der Waals surface area contributed by atoms with Crippen molar-refractivity contribution in [3.63, 3.8) is 0 Å². The van der Waals surface area contributed by atoms with Crippen molar-refractivity contribution in [2.75, 3.05) is 39.6 Å². The zero-order valence-electron chi connectivity index (χ0n) is 22.7. The Balaban J connectivity index is -0.0000000104. The van der Waals surface area contributed by atoms with Gasteiger partial charge in [0, 0.05) is 39.6 Å². The SMILES string of the molecule is C.C.C.C.C.C.CCCC.CCO.CCO.CCO[Si](OCC)(OCC)OCC.N.O.O.O.O.O.O.O[Si](O)(O)O. The van der Waals surface area contributed by atoms with Crippen LogP contribution in [0.2, 0.25) is 0 Å². The molecule has 0 aliphatic carbocycles. The van der Waals surface area contributed by atoms with Gasteiger partial charge in [-0.05, 0) is 41.5 Å². The largest absolute Gasteiger partial charge is 0.679 e. The molecule has 17 nitrogen and oxygen atoms in total. The van der Waals surface area contributed by atoms with Crippen molar-refractivity contribution in [2.45, 2.75) is 113 Å². The fraction of sp³-hybridized carbons (Fsp3) is 1.00. The Labute approximate surface area is 256 Å². The molecule has 0 aliphatic heterocycles. The Hall–Kier alpha value is -0.246. The van der Waals surface area contributed by atoms with Crippen LogP contribution in [0, 0.1) is 0 Å². The van der Waals surface area contributed by atoms with Gasteiger partial charge in [0.15, 0.2) is 0 Å². The van der Waals surface area contributed by atoms with Gasteiger partial charge in [-0.25, -0.2) is 0 Å². The van der Waals surface area contributed by atoms with Gasteiger partial charge in [-0.3, -0.25) is 0 Å². The van der Waals surface area contributed by atoms with Gasteiger partial charge in [0.1, 0.15) is 0 Å². The lowest BCUT2D eigenvalue weighted by molar-refractivity contribution is -0.0247. The van der Waals surface area contributed by atoms with E-state index in [0.717, 1.165) is 0 Å². The molecule has 282 valence electrons. The first-order valence-corrected chi connectivity index (χ1v) is 13.1. The summed E-state index contributed by atoms with van der Waals surface area (Å²) in [5, 5.41) is 15.1. The Kier molecular flexibility index (Phi) is 321. The van der Waals surface area contributed by atoms with Gasteiger partial charge >= 0.3 is 18.1 Å². The van der Waals surface area contributed by atoms with Gasteiger partial charge in [0.05, 0.1) is 0 Å². The zero-order chi connectivity index (χ0) is 23.5. The molecule has 21 N–H and O–H groups in total. The molecule has 41 heavy (non-hydrogen) atoms. The van der Waals surface area contributed by atoms with E-state index in [2.05, 4.69) is 13.8 Å². The van der Waals surface area contributed by atoms with E-state index in [9.17, 15) is 0 Å². The smallest absolute Gasteiger partial charge is 0.412 e. The van der Waals surface area contributed by atoms with Crippen LogP contribution in [-0.2, 0) is 17.7 Å². The highest BCUT2D eigenvalue weighted by Gasteiger charge is 2.44. The van der Waals surface area contributed by atoms with E-state index in [1.807, 2.05) is 27.7 Å². The van der Waals surface area contributed by atoms with Crippen molar-refractivity contribution < 1.29 is 80.0 Å². The Bertz CT molecular complexity index is 225. The van der Waals surface area contributed by atoms with E-state index < -0.39 is 18.1 Å². The molecule has 0 aromatic rings. The maximum atomic E-state index is 7.57. The van der Waals surface area contributed by atoms with Crippen LogP contribution in [0.3, 0.4) is 0 Å². The summed E-state index contributed by atoms with van der Waals surface area (Å²) < 4.78 is 21.7. The molecule has 19 heteroatoms. The molecular formula is C22H85NO16Si2. The van der Waals surface area contributed by atoms with Crippen LogP contribution in [0.4, 0.5) is 0 Å². The summed E-state index contributed by atoms with van der Waals surface area (Å²) in [6, 6.07) is 0. The number of hydrogen-bond acceptors (Lipinski definition) is 11. The quantitative estimate of drug-likeness (QED) is 0.157. The molecular weight excluding hydrogens is 590 g/mol. The van der Waals surface area contributed by atoms with Crippen LogP contribution in [-0.4, -0.2) is 120 Å². The summed E-state index contributed by atoms with van der Waals surface area (Å²) in [6.07, 6.45) is 2.64. The van der Waals surface area contributed by atoms with Crippen LogP contribution in [0.1, 0.15) is 113 Å². The monoisotopic (exact) mass is 676 g/mol. The predicted octanol–water partition coefficient (Wildman–Crippen LogP) is -0.207. The van der Waals surface area contributed by atoms with Crippen molar-refractivity contribution in [1.82, 2.24) is 6.15 Å². The lowest BCUT2D eigenvalue weighted by Crippen LogP contribution is -2.49. The highest BCUT2D eigenvalue weighted by atomic mass is 28.4. The molecule has 0 unspecified atom stereocenters. The fourth-order valence-corrected chi connectivity index (χ4v) is 2.87. The lowest BCUT2D eigenvalue weighted by Gasteiger charge is -2.26. The number of rotatable bonds is 9. The second-order valence-electron chi connectivity index (χ2n) is 4.46. The minimum atomic E-state index is -4.61. The molecule has 0 aromatic carbocycles. The molecule has 0 amide bonds. The number of unbranched alkanes of at least 4 members (excludes halogenated alkanes) is 1. The van der Waals surface area contributed by atoms with Crippen LogP contribution in [0.25, 0.3) is 0 Å². The van der Waals surface area contributed by atoms with E-state index in [4.69, 9.17) is 47.1 Å². The van der Waals surface area contributed by atoms with Crippen molar-refractivity contribution in [2.24, 2.45) is 0 Å². The molecule has 0 atom stereocenters. The predicted molar refractivity (Wildman–Crippen MR) is 180 cm³/mol. The number of hydrogen-bond donors (Lipinski definition) is 7.